The molecule has 0 fully saturated rings. The van der Waals surface area contributed by atoms with Crippen LogP contribution in [0.3, 0.4) is 0 Å². The number of esters is 1. The summed E-state index contributed by atoms with van der Waals surface area (Å²) in [5.74, 6) is 0.909. The van der Waals surface area contributed by atoms with Gasteiger partial charge < -0.3 is 9.47 Å². The van der Waals surface area contributed by atoms with Gasteiger partial charge in [-0.2, -0.15) is 0 Å². The van der Waals surface area contributed by atoms with Gasteiger partial charge in [0.2, 0.25) is 0 Å². The fourth-order valence-corrected chi connectivity index (χ4v) is 1.75. The molecule has 3 heteroatoms. The summed E-state index contributed by atoms with van der Waals surface area (Å²) in [6, 6.07) is 7.20. The molecule has 0 aliphatic heterocycles. The first-order valence-corrected chi connectivity index (χ1v) is 6.61. The van der Waals surface area contributed by atoms with Crippen LogP contribution in [0.15, 0.2) is 24.3 Å². The van der Waals surface area contributed by atoms with Crippen molar-refractivity contribution in [2.45, 2.75) is 45.4 Å². The molecule has 0 saturated heterocycles. The maximum Gasteiger partial charge on any atom is 0.311 e. The number of methoxy groups -OCH3 is 1. The van der Waals surface area contributed by atoms with Gasteiger partial charge in [0.1, 0.15) is 0 Å². The van der Waals surface area contributed by atoms with Crippen molar-refractivity contribution in [3.05, 3.63) is 24.3 Å². The Bertz CT molecular complexity index is 361. The minimum absolute atomic E-state index is 0.184. The Balaban J connectivity index is 2.31. The zero-order valence-electron chi connectivity index (χ0n) is 11.3. The Hall–Kier alpha value is -1.51. The molecule has 0 aliphatic rings. The first-order valence-electron chi connectivity index (χ1n) is 6.61. The molecule has 1 aromatic carbocycles. The SMILES string of the molecule is CCCCCCCC(=O)Oc1ccccc1OC. The van der Waals surface area contributed by atoms with Crippen LogP contribution < -0.4 is 9.47 Å². The number of para-hydroxylation sites is 2. The normalized spacial score (nSPS) is 10.1. The molecule has 0 aromatic heterocycles. The highest BCUT2D eigenvalue weighted by Crippen LogP contribution is 2.26. The largest absolute Gasteiger partial charge is 0.493 e. The molecule has 0 atom stereocenters. The quantitative estimate of drug-likeness (QED) is 0.398. The van der Waals surface area contributed by atoms with Crippen molar-refractivity contribution >= 4 is 5.97 Å². The molecule has 0 bridgehead atoms. The Morgan fingerprint density at radius 1 is 1.06 bits per heavy atom. The summed E-state index contributed by atoms with van der Waals surface area (Å²) >= 11 is 0. The van der Waals surface area contributed by atoms with Crippen LogP contribution >= 0.6 is 0 Å². The van der Waals surface area contributed by atoms with E-state index in [2.05, 4.69) is 6.92 Å². The molecule has 0 spiro atoms. The van der Waals surface area contributed by atoms with Crippen LogP contribution in [0.1, 0.15) is 45.4 Å². The van der Waals surface area contributed by atoms with Crippen LogP contribution in [0.2, 0.25) is 0 Å². The lowest BCUT2D eigenvalue weighted by atomic mass is 10.1. The maximum atomic E-state index is 11.6. The monoisotopic (exact) mass is 250 g/mol. The van der Waals surface area contributed by atoms with Crippen molar-refractivity contribution in [2.75, 3.05) is 7.11 Å². The predicted octanol–water partition coefficient (Wildman–Crippen LogP) is 3.96. The summed E-state index contributed by atoms with van der Waals surface area (Å²) in [4.78, 5) is 11.6. The Kier molecular flexibility index (Phi) is 6.92. The summed E-state index contributed by atoms with van der Waals surface area (Å²) in [5.41, 5.74) is 0. The first kappa shape index (κ1) is 14.6. The van der Waals surface area contributed by atoms with Crippen molar-refractivity contribution in [3.63, 3.8) is 0 Å². The van der Waals surface area contributed by atoms with E-state index in [9.17, 15) is 4.79 Å². The molecule has 1 aromatic rings. The highest BCUT2D eigenvalue weighted by Gasteiger charge is 2.08. The zero-order chi connectivity index (χ0) is 13.2. The molecule has 0 N–H and O–H groups in total. The number of hydrogen-bond acceptors (Lipinski definition) is 3. The van der Waals surface area contributed by atoms with E-state index in [0.717, 1.165) is 12.8 Å². The van der Waals surface area contributed by atoms with Crippen LogP contribution in [-0.4, -0.2) is 13.1 Å². The van der Waals surface area contributed by atoms with E-state index < -0.39 is 0 Å². The van der Waals surface area contributed by atoms with Gasteiger partial charge in [0, 0.05) is 6.42 Å². The van der Waals surface area contributed by atoms with E-state index in [-0.39, 0.29) is 5.97 Å². The molecular weight excluding hydrogens is 228 g/mol. The summed E-state index contributed by atoms with van der Waals surface area (Å²) in [6.45, 7) is 2.18. The highest BCUT2D eigenvalue weighted by atomic mass is 16.6. The lowest BCUT2D eigenvalue weighted by Gasteiger charge is -2.08. The van der Waals surface area contributed by atoms with E-state index in [4.69, 9.17) is 9.47 Å². The van der Waals surface area contributed by atoms with Gasteiger partial charge in [-0.15, -0.1) is 0 Å². The second-order valence-electron chi connectivity index (χ2n) is 4.29. The molecule has 0 amide bonds. The van der Waals surface area contributed by atoms with Crippen LogP contribution in [0, 0.1) is 0 Å². The molecule has 1 rings (SSSR count). The third-order valence-corrected chi connectivity index (χ3v) is 2.78. The molecule has 0 heterocycles. The number of carbonyl (C=O) groups excluding carboxylic acids is 1. The molecule has 0 radical (unpaired) electrons. The van der Waals surface area contributed by atoms with Crippen molar-refractivity contribution < 1.29 is 14.3 Å². The van der Waals surface area contributed by atoms with Gasteiger partial charge in [-0.1, -0.05) is 44.7 Å². The first-order chi connectivity index (χ1) is 8.77. The third-order valence-electron chi connectivity index (χ3n) is 2.78. The number of benzene rings is 1. The van der Waals surface area contributed by atoms with Crippen LogP contribution in [0.25, 0.3) is 0 Å². The van der Waals surface area contributed by atoms with Crippen LogP contribution in [0.5, 0.6) is 11.5 Å². The smallest absolute Gasteiger partial charge is 0.311 e. The molecule has 100 valence electrons. The average Bonchev–Trinajstić information content (AvgIpc) is 2.39. The fourth-order valence-electron chi connectivity index (χ4n) is 1.75. The minimum atomic E-state index is -0.184. The molecule has 0 unspecified atom stereocenters. The van der Waals surface area contributed by atoms with Gasteiger partial charge in [-0.3, -0.25) is 4.79 Å². The molecule has 0 aliphatic carbocycles. The predicted molar refractivity (Wildman–Crippen MR) is 72.0 cm³/mol. The average molecular weight is 250 g/mol. The number of hydrogen-bond donors (Lipinski definition) is 0. The summed E-state index contributed by atoms with van der Waals surface area (Å²) in [5, 5.41) is 0. The summed E-state index contributed by atoms with van der Waals surface area (Å²) in [7, 11) is 1.57. The maximum absolute atomic E-state index is 11.6. The Morgan fingerprint density at radius 3 is 2.39 bits per heavy atom. The standard InChI is InChI=1S/C15H22O3/c1-3-4-5-6-7-12-15(16)18-14-11-9-8-10-13(14)17-2/h8-11H,3-7,12H2,1-2H3. The molecular formula is C15H22O3. The number of rotatable bonds is 8. The number of unbranched alkanes of at least 4 members (excludes halogenated alkanes) is 4. The number of carbonyl (C=O) groups is 1. The lowest BCUT2D eigenvalue weighted by Crippen LogP contribution is -2.08. The van der Waals surface area contributed by atoms with Crippen molar-refractivity contribution in [3.8, 4) is 11.5 Å². The van der Waals surface area contributed by atoms with Crippen molar-refractivity contribution in [1.29, 1.82) is 0 Å². The fraction of sp³-hybridized carbons (Fsp3) is 0.533. The van der Waals surface area contributed by atoms with E-state index in [0.29, 0.717) is 17.9 Å². The van der Waals surface area contributed by atoms with Gasteiger partial charge in [0.15, 0.2) is 11.5 Å². The van der Waals surface area contributed by atoms with E-state index in [1.54, 1.807) is 19.2 Å². The third kappa shape index (κ3) is 5.21. The van der Waals surface area contributed by atoms with E-state index >= 15 is 0 Å². The number of ether oxygens (including phenoxy) is 2. The van der Waals surface area contributed by atoms with Crippen molar-refractivity contribution in [1.82, 2.24) is 0 Å². The molecule has 18 heavy (non-hydrogen) atoms. The van der Waals surface area contributed by atoms with Gasteiger partial charge in [-0.05, 0) is 18.6 Å². The van der Waals surface area contributed by atoms with Gasteiger partial charge >= 0.3 is 5.97 Å². The molecule has 0 saturated carbocycles. The highest BCUT2D eigenvalue weighted by molar-refractivity contribution is 5.73. The zero-order valence-corrected chi connectivity index (χ0v) is 11.3. The van der Waals surface area contributed by atoms with Gasteiger partial charge in [-0.25, -0.2) is 0 Å². The molecule has 3 nitrogen and oxygen atoms in total. The van der Waals surface area contributed by atoms with Crippen molar-refractivity contribution in [2.24, 2.45) is 0 Å². The van der Waals surface area contributed by atoms with Crippen LogP contribution in [-0.2, 0) is 4.79 Å². The second kappa shape index (κ2) is 8.56. The van der Waals surface area contributed by atoms with Gasteiger partial charge in [0.05, 0.1) is 7.11 Å². The second-order valence-corrected chi connectivity index (χ2v) is 4.29. The minimum Gasteiger partial charge on any atom is -0.493 e. The van der Waals surface area contributed by atoms with E-state index in [1.165, 1.54) is 19.3 Å². The van der Waals surface area contributed by atoms with E-state index in [1.807, 2.05) is 12.1 Å². The summed E-state index contributed by atoms with van der Waals surface area (Å²) in [6.07, 6.45) is 6.11. The Labute approximate surface area is 109 Å². The van der Waals surface area contributed by atoms with Gasteiger partial charge in [0.25, 0.3) is 0 Å². The topological polar surface area (TPSA) is 35.5 Å². The van der Waals surface area contributed by atoms with Crippen LogP contribution in [0.4, 0.5) is 0 Å². The lowest BCUT2D eigenvalue weighted by molar-refractivity contribution is -0.134. The summed E-state index contributed by atoms with van der Waals surface area (Å²) < 4.78 is 10.4. The Morgan fingerprint density at radius 2 is 1.72 bits per heavy atom.